The van der Waals surface area contributed by atoms with E-state index in [2.05, 4.69) is 5.10 Å². The Labute approximate surface area is 80.2 Å². The summed E-state index contributed by atoms with van der Waals surface area (Å²) >= 11 is 0. The van der Waals surface area contributed by atoms with E-state index in [-0.39, 0.29) is 11.3 Å². The van der Waals surface area contributed by atoms with Crippen molar-refractivity contribution in [2.24, 2.45) is 10.9 Å². The first-order chi connectivity index (χ1) is 6.70. The first-order valence-electron chi connectivity index (χ1n) is 4.04. The molecule has 0 atom stereocenters. The maximum absolute atomic E-state index is 13.4. The molecule has 14 heavy (non-hydrogen) atoms. The zero-order chi connectivity index (χ0) is 10.6. The number of halogens is 2. The summed E-state index contributed by atoms with van der Waals surface area (Å²) in [4.78, 5) is 0. The minimum absolute atomic E-state index is 0.0104. The molecule has 2 N–H and O–H groups in total. The molecule has 5 heteroatoms. The van der Waals surface area contributed by atoms with Crippen molar-refractivity contribution in [1.29, 1.82) is 0 Å². The van der Waals surface area contributed by atoms with E-state index < -0.39 is 11.6 Å². The van der Waals surface area contributed by atoms with Gasteiger partial charge in [-0.25, -0.2) is 8.78 Å². The van der Waals surface area contributed by atoms with Gasteiger partial charge in [0, 0.05) is 0 Å². The van der Waals surface area contributed by atoms with E-state index in [1.165, 1.54) is 6.07 Å². The SMILES string of the molecule is CCOc1ccc(F)c(C=NN)c1F. The van der Waals surface area contributed by atoms with Crippen LogP contribution in [0.25, 0.3) is 0 Å². The molecule has 0 bridgehead atoms. The average molecular weight is 200 g/mol. The van der Waals surface area contributed by atoms with Gasteiger partial charge in [0.05, 0.1) is 18.4 Å². The standard InChI is InChI=1S/C9H10F2N2O/c1-2-14-8-4-3-7(10)6(5-13-12)9(8)11/h3-5H,2,12H2,1H3. The highest BCUT2D eigenvalue weighted by atomic mass is 19.1. The summed E-state index contributed by atoms with van der Waals surface area (Å²) in [6, 6.07) is 2.33. The van der Waals surface area contributed by atoms with Crippen LogP contribution in [-0.4, -0.2) is 12.8 Å². The fourth-order valence-electron chi connectivity index (χ4n) is 1.01. The van der Waals surface area contributed by atoms with Gasteiger partial charge in [-0.05, 0) is 19.1 Å². The van der Waals surface area contributed by atoms with Crippen LogP contribution in [0.1, 0.15) is 12.5 Å². The van der Waals surface area contributed by atoms with Crippen LogP contribution in [0.15, 0.2) is 17.2 Å². The van der Waals surface area contributed by atoms with Crippen molar-refractivity contribution in [3.63, 3.8) is 0 Å². The van der Waals surface area contributed by atoms with Gasteiger partial charge in [-0.2, -0.15) is 5.10 Å². The Morgan fingerprint density at radius 3 is 2.79 bits per heavy atom. The molecule has 0 saturated heterocycles. The van der Waals surface area contributed by atoms with E-state index in [1.54, 1.807) is 6.92 Å². The Kier molecular flexibility index (Phi) is 3.39. The van der Waals surface area contributed by atoms with Crippen LogP contribution in [0.3, 0.4) is 0 Å². The van der Waals surface area contributed by atoms with E-state index >= 15 is 0 Å². The van der Waals surface area contributed by atoms with Gasteiger partial charge in [0.2, 0.25) is 0 Å². The van der Waals surface area contributed by atoms with Crippen molar-refractivity contribution in [3.8, 4) is 5.75 Å². The first-order valence-corrected chi connectivity index (χ1v) is 4.04. The summed E-state index contributed by atoms with van der Waals surface area (Å²) < 4.78 is 31.3. The number of ether oxygens (including phenoxy) is 1. The molecule has 0 unspecified atom stereocenters. The molecule has 0 aliphatic heterocycles. The maximum Gasteiger partial charge on any atom is 0.176 e. The lowest BCUT2D eigenvalue weighted by molar-refractivity contribution is 0.320. The zero-order valence-corrected chi connectivity index (χ0v) is 7.63. The van der Waals surface area contributed by atoms with Crippen molar-refractivity contribution >= 4 is 6.21 Å². The van der Waals surface area contributed by atoms with Gasteiger partial charge in [-0.3, -0.25) is 0 Å². The monoisotopic (exact) mass is 200 g/mol. The van der Waals surface area contributed by atoms with Crippen molar-refractivity contribution in [2.45, 2.75) is 6.92 Å². The third-order valence-corrected chi connectivity index (χ3v) is 1.59. The third-order valence-electron chi connectivity index (χ3n) is 1.59. The molecule has 0 radical (unpaired) electrons. The minimum atomic E-state index is -0.791. The van der Waals surface area contributed by atoms with Crippen LogP contribution >= 0.6 is 0 Å². The second kappa shape index (κ2) is 4.55. The highest BCUT2D eigenvalue weighted by Gasteiger charge is 2.12. The number of nitrogens with two attached hydrogens (primary N) is 1. The van der Waals surface area contributed by atoms with E-state index in [0.29, 0.717) is 6.61 Å². The Morgan fingerprint density at radius 2 is 2.21 bits per heavy atom. The Hall–Kier alpha value is -1.65. The number of hydrogen-bond donors (Lipinski definition) is 1. The summed E-state index contributed by atoms with van der Waals surface area (Å²) in [7, 11) is 0. The summed E-state index contributed by atoms with van der Waals surface area (Å²) in [5, 5.41) is 3.07. The largest absolute Gasteiger partial charge is 0.491 e. The maximum atomic E-state index is 13.4. The fourth-order valence-corrected chi connectivity index (χ4v) is 1.01. The fraction of sp³-hybridized carbons (Fsp3) is 0.222. The van der Waals surface area contributed by atoms with Crippen LogP contribution in [0.4, 0.5) is 8.78 Å². The summed E-state index contributed by atoms with van der Waals surface area (Å²) in [5.74, 6) is 3.29. The molecule has 0 aliphatic rings. The molecule has 0 spiro atoms. The van der Waals surface area contributed by atoms with Crippen LogP contribution in [0.5, 0.6) is 5.75 Å². The second-order valence-electron chi connectivity index (χ2n) is 2.48. The van der Waals surface area contributed by atoms with Gasteiger partial charge in [-0.15, -0.1) is 0 Å². The number of nitrogens with zero attached hydrogens (tertiary/aromatic N) is 1. The highest BCUT2D eigenvalue weighted by molar-refractivity contribution is 5.80. The molecule has 0 heterocycles. The van der Waals surface area contributed by atoms with Gasteiger partial charge in [0.15, 0.2) is 11.6 Å². The summed E-state index contributed by atoms with van der Waals surface area (Å²) in [5.41, 5.74) is -0.293. The van der Waals surface area contributed by atoms with Gasteiger partial charge in [-0.1, -0.05) is 0 Å². The van der Waals surface area contributed by atoms with Gasteiger partial charge < -0.3 is 10.6 Å². The molecule has 1 aromatic carbocycles. The quantitative estimate of drug-likeness (QED) is 0.458. The number of rotatable bonds is 3. The average Bonchev–Trinajstić information content (AvgIpc) is 2.17. The Bertz CT molecular complexity index is 353. The van der Waals surface area contributed by atoms with Crippen LogP contribution < -0.4 is 10.6 Å². The second-order valence-corrected chi connectivity index (χ2v) is 2.48. The Morgan fingerprint density at radius 1 is 1.50 bits per heavy atom. The number of hydrogen-bond acceptors (Lipinski definition) is 3. The normalized spacial score (nSPS) is 10.8. The summed E-state index contributed by atoms with van der Waals surface area (Å²) in [6.07, 6.45) is 0.910. The van der Waals surface area contributed by atoms with Gasteiger partial charge in [0.1, 0.15) is 5.82 Å². The van der Waals surface area contributed by atoms with E-state index in [4.69, 9.17) is 10.6 Å². The van der Waals surface area contributed by atoms with Crippen molar-refractivity contribution in [2.75, 3.05) is 6.61 Å². The Balaban J connectivity index is 3.18. The van der Waals surface area contributed by atoms with Crippen LogP contribution in [-0.2, 0) is 0 Å². The number of hydrazone groups is 1. The highest BCUT2D eigenvalue weighted by Crippen LogP contribution is 2.21. The third kappa shape index (κ3) is 1.99. The lowest BCUT2D eigenvalue weighted by Gasteiger charge is -2.06. The van der Waals surface area contributed by atoms with Crippen molar-refractivity contribution in [1.82, 2.24) is 0 Å². The molecule has 0 fully saturated rings. The lowest BCUT2D eigenvalue weighted by atomic mass is 10.2. The van der Waals surface area contributed by atoms with Gasteiger partial charge in [0.25, 0.3) is 0 Å². The van der Waals surface area contributed by atoms with Crippen LogP contribution in [0, 0.1) is 11.6 Å². The first kappa shape index (κ1) is 10.4. The molecule has 0 saturated carbocycles. The molecular formula is C9H10F2N2O. The zero-order valence-electron chi connectivity index (χ0n) is 7.63. The topological polar surface area (TPSA) is 47.6 Å². The molecule has 0 aromatic heterocycles. The van der Waals surface area contributed by atoms with Gasteiger partial charge >= 0.3 is 0 Å². The molecular weight excluding hydrogens is 190 g/mol. The lowest BCUT2D eigenvalue weighted by Crippen LogP contribution is -2.01. The molecule has 0 aliphatic carbocycles. The minimum Gasteiger partial charge on any atom is -0.491 e. The van der Waals surface area contributed by atoms with E-state index in [9.17, 15) is 8.78 Å². The molecule has 76 valence electrons. The van der Waals surface area contributed by atoms with Crippen molar-refractivity contribution < 1.29 is 13.5 Å². The van der Waals surface area contributed by atoms with Crippen molar-refractivity contribution in [3.05, 3.63) is 29.3 Å². The predicted molar refractivity (Wildman–Crippen MR) is 49.3 cm³/mol. The molecule has 1 aromatic rings. The summed E-state index contributed by atoms with van der Waals surface area (Å²) in [6.45, 7) is 2.02. The van der Waals surface area contributed by atoms with E-state index in [1.807, 2.05) is 0 Å². The molecule has 3 nitrogen and oxygen atoms in total. The number of benzene rings is 1. The molecule has 1 rings (SSSR count). The van der Waals surface area contributed by atoms with Crippen LogP contribution in [0.2, 0.25) is 0 Å². The van der Waals surface area contributed by atoms with E-state index in [0.717, 1.165) is 12.3 Å². The smallest absolute Gasteiger partial charge is 0.176 e. The molecule has 0 amide bonds. The predicted octanol–water partition coefficient (Wildman–Crippen LogP) is 1.66.